The number of pyridine rings is 1. The number of sulfonamides is 1. The number of nitrogens with zero attached hydrogens (tertiary/aromatic N) is 2. The van der Waals surface area contributed by atoms with Gasteiger partial charge in [0.15, 0.2) is 0 Å². The van der Waals surface area contributed by atoms with Gasteiger partial charge in [-0.1, -0.05) is 18.2 Å². The first-order chi connectivity index (χ1) is 9.09. The van der Waals surface area contributed by atoms with Crippen LogP contribution in [0, 0.1) is 6.92 Å². The van der Waals surface area contributed by atoms with Crippen LogP contribution in [0.1, 0.15) is 11.1 Å². The lowest BCUT2D eigenvalue weighted by Gasteiger charge is -2.02. The molecule has 1 aromatic heterocycles. The van der Waals surface area contributed by atoms with Gasteiger partial charge < -0.3 is 0 Å². The number of hydrazone groups is 1. The molecule has 0 unspecified atom stereocenters. The topological polar surface area (TPSA) is 71.4 Å². The fourth-order valence-corrected chi connectivity index (χ4v) is 2.24. The van der Waals surface area contributed by atoms with Gasteiger partial charge in [-0.3, -0.25) is 4.98 Å². The Morgan fingerprint density at radius 2 is 1.95 bits per heavy atom. The molecule has 2 rings (SSSR count). The largest absolute Gasteiger partial charge is 0.276 e. The standard InChI is InChI=1S/C13H13N3O2S/c1-11-7-8-14-9-12(11)10-15-16-19(17,18)13-5-3-2-4-6-13/h2-10,16H,1H3. The minimum atomic E-state index is -3.61. The molecule has 5 nitrogen and oxygen atoms in total. The zero-order valence-corrected chi connectivity index (χ0v) is 11.1. The van der Waals surface area contributed by atoms with E-state index in [0.717, 1.165) is 11.1 Å². The highest BCUT2D eigenvalue weighted by Gasteiger charge is 2.10. The zero-order valence-electron chi connectivity index (χ0n) is 10.3. The third-order valence-corrected chi connectivity index (χ3v) is 3.75. The number of hydrogen-bond acceptors (Lipinski definition) is 4. The van der Waals surface area contributed by atoms with Crippen molar-refractivity contribution in [2.24, 2.45) is 5.10 Å². The molecule has 1 aromatic carbocycles. The number of rotatable bonds is 4. The van der Waals surface area contributed by atoms with Crippen LogP contribution in [0.3, 0.4) is 0 Å². The van der Waals surface area contributed by atoms with Gasteiger partial charge in [-0.15, -0.1) is 0 Å². The van der Waals surface area contributed by atoms with E-state index in [1.54, 1.807) is 30.6 Å². The van der Waals surface area contributed by atoms with E-state index in [1.807, 2.05) is 13.0 Å². The van der Waals surface area contributed by atoms with Crippen LogP contribution in [0.15, 0.2) is 58.8 Å². The van der Waals surface area contributed by atoms with Crippen LogP contribution in [0.5, 0.6) is 0 Å². The summed E-state index contributed by atoms with van der Waals surface area (Å²) in [5, 5.41) is 3.75. The second-order valence-electron chi connectivity index (χ2n) is 3.90. The number of benzene rings is 1. The van der Waals surface area contributed by atoms with Gasteiger partial charge in [-0.05, 0) is 30.7 Å². The summed E-state index contributed by atoms with van der Waals surface area (Å²) >= 11 is 0. The van der Waals surface area contributed by atoms with E-state index >= 15 is 0 Å². The maximum absolute atomic E-state index is 11.9. The van der Waals surface area contributed by atoms with Crippen LogP contribution in [0.25, 0.3) is 0 Å². The maximum atomic E-state index is 11.9. The van der Waals surface area contributed by atoms with Crippen molar-refractivity contribution in [3.63, 3.8) is 0 Å². The van der Waals surface area contributed by atoms with Crippen molar-refractivity contribution in [3.8, 4) is 0 Å². The highest BCUT2D eigenvalue weighted by Crippen LogP contribution is 2.07. The third kappa shape index (κ3) is 3.38. The fourth-order valence-electron chi connectivity index (χ4n) is 1.43. The summed E-state index contributed by atoms with van der Waals surface area (Å²) in [6.07, 6.45) is 4.72. The molecule has 0 atom stereocenters. The summed E-state index contributed by atoms with van der Waals surface area (Å²) in [6.45, 7) is 1.90. The van der Waals surface area contributed by atoms with Crippen molar-refractivity contribution >= 4 is 16.2 Å². The molecule has 0 aliphatic rings. The number of nitrogens with one attached hydrogen (secondary N) is 1. The van der Waals surface area contributed by atoms with Gasteiger partial charge in [0.1, 0.15) is 0 Å². The van der Waals surface area contributed by atoms with Crippen molar-refractivity contribution in [2.75, 3.05) is 0 Å². The molecule has 0 fully saturated rings. The van der Waals surface area contributed by atoms with Crippen molar-refractivity contribution < 1.29 is 8.42 Å². The van der Waals surface area contributed by atoms with Crippen molar-refractivity contribution in [1.29, 1.82) is 0 Å². The molecule has 1 N–H and O–H groups in total. The van der Waals surface area contributed by atoms with Crippen molar-refractivity contribution in [2.45, 2.75) is 11.8 Å². The van der Waals surface area contributed by atoms with Gasteiger partial charge in [0.2, 0.25) is 0 Å². The van der Waals surface area contributed by atoms with Crippen molar-refractivity contribution in [1.82, 2.24) is 9.82 Å². The first-order valence-electron chi connectivity index (χ1n) is 5.60. The number of hydrogen-bond donors (Lipinski definition) is 1. The molecular formula is C13H13N3O2S. The highest BCUT2D eigenvalue weighted by atomic mass is 32.2. The van der Waals surface area contributed by atoms with Gasteiger partial charge in [0.25, 0.3) is 10.0 Å². The summed E-state index contributed by atoms with van der Waals surface area (Å²) < 4.78 is 23.7. The van der Waals surface area contributed by atoms with E-state index in [4.69, 9.17) is 0 Å². The molecular weight excluding hydrogens is 262 g/mol. The Morgan fingerprint density at radius 3 is 2.63 bits per heavy atom. The monoisotopic (exact) mass is 275 g/mol. The van der Waals surface area contributed by atoms with E-state index in [0.29, 0.717) is 0 Å². The summed E-state index contributed by atoms with van der Waals surface area (Å²) in [6, 6.07) is 9.90. The lowest BCUT2D eigenvalue weighted by atomic mass is 10.2. The van der Waals surface area contributed by atoms with Gasteiger partial charge in [-0.2, -0.15) is 13.5 Å². The molecule has 19 heavy (non-hydrogen) atoms. The van der Waals surface area contributed by atoms with E-state index in [1.165, 1.54) is 18.3 Å². The second-order valence-corrected chi connectivity index (χ2v) is 5.56. The van der Waals surface area contributed by atoms with Crippen LogP contribution in [0.2, 0.25) is 0 Å². The Labute approximate surface area is 112 Å². The lowest BCUT2D eigenvalue weighted by Crippen LogP contribution is -2.18. The Bertz CT molecular complexity index is 682. The maximum Gasteiger partial charge on any atom is 0.276 e. The molecule has 0 aliphatic heterocycles. The average Bonchev–Trinajstić information content (AvgIpc) is 2.42. The molecule has 0 spiro atoms. The minimum Gasteiger partial charge on any atom is -0.264 e. The molecule has 0 radical (unpaired) electrons. The predicted octanol–water partition coefficient (Wildman–Crippen LogP) is 1.70. The summed E-state index contributed by atoms with van der Waals surface area (Å²) in [4.78, 5) is 6.29. The number of aryl methyl sites for hydroxylation is 1. The molecule has 6 heteroatoms. The van der Waals surface area contributed by atoms with Gasteiger partial charge in [-0.25, -0.2) is 4.83 Å². The minimum absolute atomic E-state index is 0.176. The SMILES string of the molecule is Cc1ccncc1C=NNS(=O)(=O)c1ccccc1. The third-order valence-electron chi connectivity index (χ3n) is 2.51. The summed E-state index contributed by atoms with van der Waals surface area (Å²) in [5.41, 5.74) is 1.73. The van der Waals surface area contributed by atoms with Gasteiger partial charge in [0, 0.05) is 18.0 Å². The van der Waals surface area contributed by atoms with Crippen LogP contribution in [0.4, 0.5) is 0 Å². The molecule has 0 aliphatic carbocycles. The van der Waals surface area contributed by atoms with E-state index in [2.05, 4.69) is 14.9 Å². The van der Waals surface area contributed by atoms with Gasteiger partial charge in [0.05, 0.1) is 11.1 Å². The quantitative estimate of drug-likeness (QED) is 0.682. The fraction of sp³-hybridized carbons (Fsp3) is 0.0769. The Hall–Kier alpha value is -2.21. The smallest absolute Gasteiger partial charge is 0.264 e. The molecule has 2 aromatic rings. The highest BCUT2D eigenvalue weighted by molar-refractivity contribution is 7.89. The Kier molecular flexibility index (Phi) is 3.91. The Balaban J connectivity index is 2.13. The predicted molar refractivity (Wildman–Crippen MR) is 73.3 cm³/mol. The molecule has 0 saturated carbocycles. The first-order valence-corrected chi connectivity index (χ1v) is 7.08. The van der Waals surface area contributed by atoms with E-state index in [9.17, 15) is 8.42 Å². The van der Waals surface area contributed by atoms with Crippen LogP contribution >= 0.6 is 0 Å². The second kappa shape index (κ2) is 5.62. The van der Waals surface area contributed by atoms with E-state index < -0.39 is 10.0 Å². The van der Waals surface area contributed by atoms with Crippen molar-refractivity contribution in [3.05, 3.63) is 59.9 Å². The lowest BCUT2D eigenvalue weighted by molar-refractivity contribution is 0.584. The van der Waals surface area contributed by atoms with E-state index in [-0.39, 0.29) is 4.90 Å². The molecule has 0 amide bonds. The molecule has 1 heterocycles. The average molecular weight is 275 g/mol. The zero-order chi connectivity index (χ0) is 13.7. The van der Waals surface area contributed by atoms with Crippen LogP contribution < -0.4 is 4.83 Å². The summed E-state index contributed by atoms with van der Waals surface area (Å²) in [5.74, 6) is 0. The molecule has 0 bridgehead atoms. The normalized spacial score (nSPS) is 11.6. The number of aromatic nitrogens is 1. The van der Waals surface area contributed by atoms with Crippen LogP contribution in [-0.4, -0.2) is 19.6 Å². The first kappa shape index (κ1) is 13.2. The Morgan fingerprint density at radius 1 is 1.21 bits per heavy atom. The summed E-state index contributed by atoms with van der Waals surface area (Å²) in [7, 11) is -3.61. The molecule has 98 valence electrons. The van der Waals surface area contributed by atoms with Gasteiger partial charge >= 0.3 is 0 Å². The van der Waals surface area contributed by atoms with Crippen LogP contribution in [-0.2, 0) is 10.0 Å². The molecule has 0 saturated heterocycles.